The molecule has 1 aliphatic heterocycles. The zero-order valence-corrected chi connectivity index (χ0v) is 13.4. The summed E-state index contributed by atoms with van der Waals surface area (Å²) in [6, 6.07) is 3.28. The van der Waals surface area contributed by atoms with Crippen LogP contribution in [-0.2, 0) is 14.8 Å². The van der Waals surface area contributed by atoms with Crippen molar-refractivity contribution in [2.24, 2.45) is 5.92 Å². The minimum atomic E-state index is -3.48. The van der Waals surface area contributed by atoms with Gasteiger partial charge in [-0.15, -0.1) is 0 Å². The van der Waals surface area contributed by atoms with E-state index < -0.39 is 10.0 Å². The summed E-state index contributed by atoms with van der Waals surface area (Å²) in [5.74, 6) is 0.951. The third-order valence-corrected chi connectivity index (χ3v) is 5.38. The average Bonchev–Trinajstić information content (AvgIpc) is 2.49. The van der Waals surface area contributed by atoms with Crippen LogP contribution in [0.5, 0.6) is 0 Å². The number of rotatable bonds is 6. The molecule has 1 unspecified atom stereocenters. The number of nitrogens with zero attached hydrogens (tertiary/aromatic N) is 2. The van der Waals surface area contributed by atoms with Crippen molar-refractivity contribution in [2.45, 2.75) is 24.7 Å². The molecule has 0 amide bonds. The minimum Gasteiger partial charge on any atom is -0.381 e. The molecular formula is C14H23N3O3S. The molecule has 1 aromatic rings. The molecule has 0 radical (unpaired) electrons. The van der Waals surface area contributed by atoms with Gasteiger partial charge in [-0.25, -0.2) is 17.7 Å². The molecule has 1 aromatic heterocycles. The zero-order valence-electron chi connectivity index (χ0n) is 12.6. The fraction of sp³-hybridized carbons (Fsp3) is 0.643. The first-order valence-electron chi connectivity index (χ1n) is 7.28. The van der Waals surface area contributed by atoms with Crippen LogP contribution in [0.4, 0.5) is 5.82 Å². The van der Waals surface area contributed by atoms with Crippen molar-refractivity contribution >= 4 is 15.8 Å². The monoisotopic (exact) mass is 313 g/mol. The molecule has 0 aromatic carbocycles. The summed E-state index contributed by atoms with van der Waals surface area (Å²) in [6.07, 6.45) is 3.41. The molecule has 0 aliphatic carbocycles. The van der Waals surface area contributed by atoms with Crippen molar-refractivity contribution in [3.8, 4) is 0 Å². The lowest BCUT2D eigenvalue weighted by molar-refractivity contribution is 0.0495. The summed E-state index contributed by atoms with van der Waals surface area (Å²) < 4.78 is 31.8. The lowest BCUT2D eigenvalue weighted by Crippen LogP contribution is -2.35. The number of sulfonamides is 1. The van der Waals surface area contributed by atoms with Crippen LogP contribution in [0, 0.1) is 5.92 Å². The van der Waals surface area contributed by atoms with Crippen LogP contribution in [0.3, 0.4) is 0 Å². The maximum Gasteiger partial charge on any atom is 0.244 e. The highest BCUT2D eigenvalue weighted by molar-refractivity contribution is 7.89. The largest absolute Gasteiger partial charge is 0.381 e. The van der Waals surface area contributed by atoms with Gasteiger partial charge in [-0.05, 0) is 37.8 Å². The summed E-state index contributed by atoms with van der Waals surface area (Å²) in [5, 5.41) is 3.05. The number of hydrogen-bond donors (Lipinski definition) is 1. The van der Waals surface area contributed by atoms with Gasteiger partial charge in [0, 0.05) is 32.9 Å². The number of nitrogens with one attached hydrogen (secondary N) is 1. The van der Waals surface area contributed by atoms with Gasteiger partial charge >= 0.3 is 0 Å². The molecule has 1 N–H and O–H groups in total. The van der Waals surface area contributed by atoms with Crippen molar-refractivity contribution in [1.82, 2.24) is 9.29 Å². The van der Waals surface area contributed by atoms with E-state index in [9.17, 15) is 8.42 Å². The third-order valence-electron chi connectivity index (χ3n) is 3.57. The van der Waals surface area contributed by atoms with Crippen LogP contribution in [0.25, 0.3) is 0 Å². The number of ether oxygens (including phenoxy) is 1. The van der Waals surface area contributed by atoms with Crippen LogP contribution < -0.4 is 5.32 Å². The first-order valence-corrected chi connectivity index (χ1v) is 8.72. The van der Waals surface area contributed by atoms with Crippen molar-refractivity contribution in [3.05, 3.63) is 18.3 Å². The molecule has 0 bridgehead atoms. The van der Waals surface area contributed by atoms with Crippen LogP contribution in [0.15, 0.2) is 23.2 Å². The van der Waals surface area contributed by atoms with Crippen LogP contribution in [-0.4, -0.2) is 51.1 Å². The van der Waals surface area contributed by atoms with Crippen LogP contribution >= 0.6 is 0 Å². The molecule has 6 nitrogen and oxygen atoms in total. The Morgan fingerprint density at radius 1 is 1.48 bits per heavy atom. The first kappa shape index (κ1) is 16.2. The predicted octanol–water partition coefficient (Wildman–Crippen LogP) is 1.56. The lowest BCUT2D eigenvalue weighted by atomic mass is 10.0. The Morgan fingerprint density at radius 3 is 2.86 bits per heavy atom. The highest BCUT2D eigenvalue weighted by Gasteiger charge is 2.25. The Kier molecular flexibility index (Phi) is 5.55. The van der Waals surface area contributed by atoms with Crippen molar-refractivity contribution < 1.29 is 13.2 Å². The Morgan fingerprint density at radius 2 is 2.29 bits per heavy atom. The first-order chi connectivity index (χ1) is 10.0. The van der Waals surface area contributed by atoms with Gasteiger partial charge < -0.3 is 10.1 Å². The van der Waals surface area contributed by atoms with E-state index in [4.69, 9.17) is 4.74 Å². The molecule has 118 valence electrons. The summed E-state index contributed by atoms with van der Waals surface area (Å²) in [4.78, 5) is 4.35. The fourth-order valence-electron chi connectivity index (χ4n) is 2.41. The normalized spacial score (nSPS) is 19.7. The smallest absolute Gasteiger partial charge is 0.244 e. The van der Waals surface area contributed by atoms with Gasteiger partial charge in [0.1, 0.15) is 10.7 Å². The Bertz CT molecular complexity index is 539. The molecular weight excluding hydrogens is 290 g/mol. The predicted molar refractivity (Wildman–Crippen MR) is 81.8 cm³/mol. The van der Waals surface area contributed by atoms with Gasteiger partial charge in [-0.2, -0.15) is 0 Å². The van der Waals surface area contributed by atoms with E-state index in [2.05, 4.69) is 10.3 Å². The molecule has 1 saturated heterocycles. The topological polar surface area (TPSA) is 71.5 Å². The lowest BCUT2D eigenvalue weighted by Gasteiger charge is -2.26. The summed E-state index contributed by atoms with van der Waals surface area (Å²) in [7, 11) is -1.87. The van der Waals surface area contributed by atoms with Gasteiger partial charge in [-0.1, -0.05) is 0 Å². The quantitative estimate of drug-likeness (QED) is 0.863. The molecule has 1 fully saturated rings. The maximum atomic E-state index is 12.5. The van der Waals surface area contributed by atoms with E-state index in [0.29, 0.717) is 19.0 Å². The SMILES string of the molecule is CCNc1ccc(S(=O)(=O)N(C)CC2CCCOC2)cn1. The third kappa shape index (κ3) is 4.15. The van der Waals surface area contributed by atoms with Crippen molar-refractivity contribution in [1.29, 1.82) is 0 Å². The highest BCUT2D eigenvalue weighted by Crippen LogP contribution is 2.20. The van der Waals surface area contributed by atoms with Crippen LogP contribution in [0.1, 0.15) is 19.8 Å². The molecule has 0 saturated carbocycles. The maximum absolute atomic E-state index is 12.5. The highest BCUT2D eigenvalue weighted by atomic mass is 32.2. The Labute approximate surface area is 126 Å². The second-order valence-corrected chi connectivity index (χ2v) is 7.32. The van der Waals surface area contributed by atoms with Gasteiger partial charge in [0.15, 0.2) is 0 Å². The van der Waals surface area contributed by atoms with Crippen LogP contribution in [0.2, 0.25) is 0 Å². The summed E-state index contributed by atoms with van der Waals surface area (Å²) >= 11 is 0. The molecule has 21 heavy (non-hydrogen) atoms. The molecule has 1 aliphatic rings. The van der Waals surface area contributed by atoms with Gasteiger partial charge in [0.2, 0.25) is 10.0 Å². The summed E-state index contributed by atoms with van der Waals surface area (Å²) in [5.41, 5.74) is 0. The van der Waals surface area contributed by atoms with Crippen molar-refractivity contribution in [2.75, 3.05) is 38.7 Å². The average molecular weight is 313 g/mol. The second kappa shape index (κ2) is 7.20. The molecule has 1 atom stereocenters. The van der Waals surface area contributed by atoms with Gasteiger partial charge in [0.05, 0.1) is 6.61 Å². The number of pyridine rings is 1. The molecule has 7 heteroatoms. The van der Waals surface area contributed by atoms with E-state index in [1.807, 2.05) is 6.92 Å². The number of hydrogen-bond acceptors (Lipinski definition) is 5. The van der Waals surface area contributed by atoms with Gasteiger partial charge in [-0.3, -0.25) is 0 Å². The molecule has 2 rings (SSSR count). The summed E-state index contributed by atoms with van der Waals surface area (Å²) in [6.45, 7) is 4.62. The number of aromatic nitrogens is 1. The number of anilines is 1. The Balaban J connectivity index is 2.05. The van der Waals surface area contributed by atoms with E-state index in [0.717, 1.165) is 26.0 Å². The van der Waals surface area contributed by atoms with E-state index in [-0.39, 0.29) is 10.8 Å². The molecule has 0 spiro atoms. The van der Waals surface area contributed by atoms with Gasteiger partial charge in [0.25, 0.3) is 0 Å². The zero-order chi connectivity index (χ0) is 15.3. The van der Waals surface area contributed by atoms with E-state index in [1.165, 1.54) is 10.5 Å². The van der Waals surface area contributed by atoms with Crippen molar-refractivity contribution in [3.63, 3.8) is 0 Å². The Hall–Kier alpha value is -1.18. The fourth-order valence-corrected chi connectivity index (χ4v) is 3.60. The standard InChI is InChI=1S/C14H23N3O3S/c1-3-15-14-7-6-13(9-16-14)21(18,19)17(2)10-12-5-4-8-20-11-12/h6-7,9,12H,3-5,8,10-11H2,1-2H3,(H,15,16). The second-order valence-electron chi connectivity index (χ2n) is 5.28. The molecule has 2 heterocycles. The van der Waals surface area contributed by atoms with E-state index in [1.54, 1.807) is 19.2 Å². The van der Waals surface area contributed by atoms with E-state index >= 15 is 0 Å². The minimum absolute atomic E-state index is 0.225.